The van der Waals surface area contributed by atoms with Crippen molar-refractivity contribution in [1.29, 1.82) is 0 Å². The maximum absolute atomic E-state index is 12.8. The van der Waals surface area contributed by atoms with Gasteiger partial charge in [0.2, 0.25) is 0 Å². The van der Waals surface area contributed by atoms with Crippen molar-refractivity contribution in [2.24, 2.45) is 5.92 Å². The lowest BCUT2D eigenvalue weighted by Crippen LogP contribution is -2.42. The summed E-state index contributed by atoms with van der Waals surface area (Å²) in [4.78, 5) is 29.0. The lowest BCUT2D eigenvalue weighted by molar-refractivity contribution is -0.139. The second kappa shape index (κ2) is 9.80. The van der Waals surface area contributed by atoms with Crippen molar-refractivity contribution in [2.45, 2.75) is 25.3 Å². The number of benzene rings is 2. The number of imidazole rings is 1. The van der Waals surface area contributed by atoms with E-state index in [9.17, 15) is 14.7 Å². The zero-order chi connectivity index (χ0) is 24.4. The highest BCUT2D eigenvalue weighted by molar-refractivity contribution is 6.30. The van der Waals surface area contributed by atoms with Crippen LogP contribution in [-0.2, 0) is 11.2 Å². The van der Waals surface area contributed by atoms with Crippen LogP contribution < -0.4 is 10.1 Å². The van der Waals surface area contributed by atoms with Gasteiger partial charge in [-0.05, 0) is 71.8 Å². The summed E-state index contributed by atoms with van der Waals surface area (Å²) in [6.45, 7) is 0.716. The number of hydrogen-bond acceptors (Lipinski definition) is 4. The molecule has 5 rings (SSSR count). The molecular formula is C27H24ClN3O4. The van der Waals surface area contributed by atoms with Gasteiger partial charge in [0.15, 0.2) is 0 Å². The van der Waals surface area contributed by atoms with Crippen molar-refractivity contribution >= 4 is 29.1 Å². The van der Waals surface area contributed by atoms with Gasteiger partial charge in [-0.25, -0.2) is 9.78 Å². The molecule has 0 radical (unpaired) electrons. The molecule has 178 valence electrons. The number of fused-ring (bicyclic) bond motifs is 1. The van der Waals surface area contributed by atoms with E-state index in [0.29, 0.717) is 23.2 Å². The SMILES string of the molecule is O=C(NC(Cc1ccc(OCC2CC2)cc1)C(=O)O)c1cn2cc(-c3ccc(Cl)cc3)ccc2n1. The molecule has 0 aliphatic heterocycles. The third kappa shape index (κ3) is 5.63. The van der Waals surface area contributed by atoms with Crippen molar-refractivity contribution < 1.29 is 19.4 Å². The average Bonchev–Trinajstić information content (AvgIpc) is 3.59. The van der Waals surface area contributed by atoms with E-state index in [-0.39, 0.29) is 12.1 Å². The maximum atomic E-state index is 12.8. The van der Waals surface area contributed by atoms with E-state index in [4.69, 9.17) is 16.3 Å². The topological polar surface area (TPSA) is 92.9 Å². The summed E-state index contributed by atoms with van der Waals surface area (Å²) >= 11 is 5.97. The minimum atomic E-state index is -1.11. The van der Waals surface area contributed by atoms with Crippen LogP contribution >= 0.6 is 11.6 Å². The summed E-state index contributed by atoms with van der Waals surface area (Å²) in [7, 11) is 0. The van der Waals surface area contributed by atoms with Crippen LogP contribution in [0.25, 0.3) is 16.8 Å². The first kappa shape index (κ1) is 22.9. The number of carbonyl (C=O) groups is 2. The van der Waals surface area contributed by atoms with Gasteiger partial charge in [0.1, 0.15) is 23.1 Å². The number of ether oxygens (including phenoxy) is 1. The predicted octanol–water partition coefficient (Wildman–Crippen LogP) is 4.87. The number of amides is 1. The molecule has 1 saturated carbocycles. The molecule has 7 nitrogen and oxygen atoms in total. The van der Waals surface area contributed by atoms with Crippen molar-refractivity contribution in [2.75, 3.05) is 6.61 Å². The first-order chi connectivity index (χ1) is 16.9. The fourth-order valence-electron chi connectivity index (χ4n) is 3.80. The molecule has 2 aromatic carbocycles. The van der Waals surface area contributed by atoms with E-state index in [1.807, 2.05) is 66.9 Å². The molecule has 1 unspecified atom stereocenters. The van der Waals surface area contributed by atoms with Crippen LogP contribution in [0.1, 0.15) is 28.9 Å². The molecule has 0 bridgehead atoms. The summed E-state index contributed by atoms with van der Waals surface area (Å²) in [6.07, 6.45) is 6.04. The Morgan fingerprint density at radius 2 is 1.74 bits per heavy atom. The molecular weight excluding hydrogens is 466 g/mol. The Balaban J connectivity index is 1.26. The Morgan fingerprint density at radius 3 is 2.43 bits per heavy atom. The van der Waals surface area contributed by atoms with Crippen molar-refractivity contribution in [3.8, 4) is 16.9 Å². The third-order valence-electron chi connectivity index (χ3n) is 6.01. The van der Waals surface area contributed by atoms with Gasteiger partial charge in [-0.3, -0.25) is 4.79 Å². The fraction of sp³-hybridized carbons (Fsp3) is 0.222. The van der Waals surface area contributed by atoms with Gasteiger partial charge in [0.25, 0.3) is 5.91 Å². The molecule has 0 saturated heterocycles. The van der Waals surface area contributed by atoms with Gasteiger partial charge in [-0.2, -0.15) is 0 Å². The number of pyridine rings is 1. The van der Waals surface area contributed by atoms with Crippen molar-refractivity contribution in [1.82, 2.24) is 14.7 Å². The Hall–Kier alpha value is -3.84. The quantitative estimate of drug-likeness (QED) is 0.350. The van der Waals surface area contributed by atoms with Crippen molar-refractivity contribution in [3.05, 3.63) is 89.3 Å². The summed E-state index contributed by atoms with van der Waals surface area (Å²) in [5.41, 5.74) is 3.44. The predicted molar refractivity (Wildman–Crippen MR) is 133 cm³/mol. The molecule has 0 spiro atoms. The van der Waals surface area contributed by atoms with Crippen molar-refractivity contribution in [3.63, 3.8) is 0 Å². The average molecular weight is 490 g/mol. The Bertz CT molecular complexity index is 1360. The molecule has 1 aliphatic carbocycles. The summed E-state index contributed by atoms with van der Waals surface area (Å²) < 4.78 is 7.47. The second-order valence-corrected chi connectivity index (χ2v) is 9.22. The lowest BCUT2D eigenvalue weighted by Gasteiger charge is -2.14. The Morgan fingerprint density at radius 1 is 1.03 bits per heavy atom. The first-order valence-electron chi connectivity index (χ1n) is 11.4. The lowest BCUT2D eigenvalue weighted by atomic mass is 10.1. The Labute approximate surface area is 207 Å². The number of carbonyl (C=O) groups excluding carboxylic acids is 1. The maximum Gasteiger partial charge on any atom is 0.326 e. The van der Waals surface area contributed by atoms with Gasteiger partial charge < -0.3 is 19.6 Å². The summed E-state index contributed by atoms with van der Waals surface area (Å²) in [6, 6.07) is 17.4. The second-order valence-electron chi connectivity index (χ2n) is 8.78. The minimum absolute atomic E-state index is 0.147. The molecule has 2 N–H and O–H groups in total. The summed E-state index contributed by atoms with van der Waals surface area (Å²) in [5.74, 6) is -0.233. The Kier molecular flexibility index (Phi) is 6.42. The number of carboxylic acid groups (broad SMARTS) is 1. The number of aromatic nitrogens is 2. The molecule has 1 aliphatic rings. The fourth-order valence-corrected chi connectivity index (χ4v) is 3.93. The molecule has 1 fully saturated rings. The van der Waals surface area contributed by atoms with Crippen LogP contribution in [0.4, 0.5) is 0 Å². The molecule has 35 heavy (non-hydrogen) atoms. The van der Waals surface area contributed by atoms with Crippen LogP contribution in [-0.4, -0.2) is 39.0 Å². The number of aliphatic carboxylic acids is 1. The molecule has 2 aromatic heterocycles. The van der Waals surface area contributed by atoms with Crippen LogP contribution in [0.2, 0.25) is 5.02 Å². The highest BCUT2D eigenvalue weighted by Crippen LogP contribution is 2.29. The highest BCUT2D eigenvalue weighted by Gasteiger charge is 2.23. The van der Waals surface area contributed by atoms with Crippen LogP contribution in [0.5, 0.6) is 5.75 Å². The minimum Gasteiger partial charge on any atom is -0.493 e. The highest BCUT2D eigenvalue weighted by atomic mass is 35.5. The van der Waals surface area contributed by atoms with Gasteiger partial charge in [-0.1, -0.05) is 35.9 Å². The number of carboxylic acids is 1. The summed E-state index contributed by atoms with van der Waals surface area (Å²) in [5, 5.41) is 12.9. The van der Waals surface area contributed by atoms with E-state index in [2.05, 4.69) is 10.3 Å². The number of hydrogen-bond donors (Lipinski definition) is 2. The number of nitrogens with zero attached hydrogens (tertiary/aromatic N) is 2. The van der Waals surface area contributed by atoms with Gasteiger partial charge in [-0.15, -0.1) is 0 Å². The number of nitrogens with one attached hydrogen (secondary N) is 1. The van der Waals surface area contributed by atoms with Gasteiger partial charge >= 0.3 is 5.97 Å². The molecule has 4 aromatic rings. The van der Waals surface area contributed by atoms with E-state index >= 15 is 0 Å². The smallest absolute Gasteiger partial charge is 0.326 e. The standard InChI is InChI=1S/C27H24ClN3O4/c28-21-8-5-19(6-9-21)20-7-12-25-29-24(15-31(25)14-20)26(32)30-23(27(33)34)13-17-3-10-22(11-4-17)35-16-18-1-2-18/h3-12,14-15,18,23H,1-2,13,16H2,(H,30,32)(H,33,34). The van der Waals surface area contributed by atoms with E-state index in [0.717, 1.165) is 22.4 Å². The molecule has 2 heterocycles. The number of rotatable bonds is 9. The van der Waals surface area contributed by atoms with Crippen LogP contribution in [0.15, 0.2) is 73.1 Å². The van der Waals surface area contributed by atoms with E-state index in [1.54, 1.807) is 10.6 Å². The van der Waals surface area contributed by atoms with Gasteiger partial charge in [0, 0.05) is 23.8 Å². The van der Waals surface area contributed by atoms with Crippen LogP contribution in [0.3, 0.4) is 0 Å². The molecule has 1 amide bonds. The zero-order valence-corrected chi connectivity index (χ0v) is 19.6. The normalized spacial score (nSPS) is 14.0. The van der Waals surface area contributed by atoms with E-state index in [1.165, 1.54) is 12.8 Å². The molecule has 1 atom stereocenters. The zero-order valence-electron chi connectivity index (χ0n) is 18.9. The largest absolute Gasteiger partial charge is 0.493 e. The number of halogens is 1. The van der Waals surface area contributed by atoms with E-state index < -0.39 is 17.9 Å². The monoisotopic (exact) mass is 489 g/mol. The van der Waals surface area contributed by atoms with Crippen LogP contribution in [0, 0.1) is 5.92 Å². The third-order valence-corrected chi connectivity index (χ3v) is 6.26. The first-order valence-corrected chi connectivity index (χ1v) is 11.8. The van der Waals surface area contributed by atoms with Gasteiger partial charge in [0.05, 0.1) is 6.61 Å². The molecule has 8 heteroatoms.